The molecule has 0 fully saturated rings. The van der Waals surface area contributed by atoms with E-state index in [1.54, 1.807) is 43.6 Å². The van der Waals surface area contributed by atoms with Crippen LogP contribution in [0.15, 0.2) is 60.9 Å². The molecule has 0 aliphatic carbocycles. The number of rotatable bonds is 7. The average molecular weight is 520 g/mol. The van der Waals surface area contributed by atoms with Gasteiger partial charge in [0.25, 0.3) is 5.91 Å². The number of nitrogens with zero attached hydrogens (tertiary/aromatic N) is 1. The highest BCUT2D eigenvalue weighted by molar-refractivity contribution is 9.08. The summed E-state index contributed by atoms with van der Waals surface area (Å²) >= 11 is 3.04. The molecule has 0 radical (unpaired) electrons. The number of carbonyl (C=O) groups excluding carboxylic acids is 2. The lowest BCUT2D eigenvalue weighted by Crippen LogP contribution is -2.16. The van der Waals surface area contributed by atoms with Crippen LogP contribution in [0.1, 0.15) is 39.0 Å². The molecule has 0 atom stereocenters. The second kappa shape index (κ2) is 10.6. The molecule has 0 bridgehead atoms. The SMILES string of the molecule is Cc1ccc(NC(=O)c2ccc(CBr)c(C(F)(F)F)c2)cc1NC(=O)CCc1cccnc1. The maximum absolute atomic E-state index is 13.3. The molecule has 2 amide bonds. The Hall–Kier alpha value is -3.20. The Balaban J connectivity index is 1.70. The molecule has 5 nitrogen and oxygen atoms in total. The zero-order chi connectivity index (χ0) is 24.0. The number of benzene rings is 2. The maximum Gasteiger partial charge on any atom is 0.416 e. The average Bonchev–Trinajstić information content (AvgIpc) is 2.79. The third-order valence-corrected chi connectivity index (χ3v) is 5.56. The number of anilines is 2. The van der Waals surface area contributed by atoms with Crippen LogP contribution >= 0.6 is 15.9 Å². The Labute approximate surface area is 197 Å². The number of aromatic nitrogens is 1. The quantitative estimate of drug-likeness (QED) is 0.369. The highest BCUT2D eigenvalue weighted by Gasteiger charge is 2.33. The predicted molar refractivity (Wildman–Crippen MR) is 124 cm³/mol. The van der Waals surface area contributed by atoms with Crippen molar-refractivity contribution in [2.75, 3.05) is 10.6 Å². The van der Waals surface area contributed by atoms with Crippen LogP contribution in [-0.4, -0.2) is 16.8 Å². The number of nitrogens with one attached hydrogen (secondary N) is 2. The van der Waals surface area contributed by atoms with Crippen LogP contribution in [0.4, 0.5) is 24.5 Å². The van der Waals surface area contributed by atoms with Crippen LogP contribution in [0, 0.1) is 6.92 Å². The van der Waals surface area contributed by atoms with E-state index in [2.05, 4.69) is 31.5 Å². The van der Waals surface area contributed by atoms with Crippen LogP contribution in [0.2, 0.25) is 0 Å². The van der Waals surface area contributed by atoms with Gasteiger partial charge in [0.15, 0.2) is 0 Å². The topological polar surface area (TPSA) is 71.1 Å². The summed E-state index contributed by atoms with van der Waals surface area (Å²) in [6.45, 7) is 1.80. The lowest BCUT2D eigenvalue weighted by molar-refractivity contribution is -0.138. The lowest BCUT2D eigenvalue weighted by Gasteiger charge is -2.14. The summed E-state index contributed by atoms with van der Waals surface area (Å²) in [5.74, 6) is -0.884. The molecule has 0 aliphatic rings. The molecule has 9 heteroatoms. The monoisotopic (exact) mass is 519 g/mol. The van der Waals surface area contributed by atoms with E-state index in [9.17, 15) is 22.8 Å². The van der Waals surface area contributed by atoms with Gasteiger partial charge in [0, 0.05) is 41.1 Å². The van der Waals surface area contributed by atoms with Gasteiger partial charge >= 0.3 is 6.18 Å². The largest absolute Gasteiger partial charge is 0.416 e. The second-order valence-electron chi connectivity index (χ2n) is 7.40. The Bertz CT molecular complexity index is 1150. The third kappa shape index (κ3) is 6.64. The number of amides is 2. The van der Waals surface area contributed by atoms with Crippen LogP contribution < -0.4 is 10.6 Å². The van der Waals surface area contributed by atoms with Gasteiger partial charge in [-0.2, -0.15) is 13.2 Å². The normalized spacial score (nSPS) is 11.2. The van der Waals surface area contributed by atoms with Gasteiger partial charge in [-0.05, 0) is 60.4 Å². The summed E-state index contributed by atoms with van der Waals surface area (Å²) in [5.41, 5.74) is 1.65. The molecule has 172 valence electrons. The molecule has 0 unspecified atom stereocenters. The highest BCUT2D eigenvalue weighted by Crippen LogP contribution is 2.34. The third-order valence-electron chi connectivity index (χ3n) is 4.95. The first kappa shape index (κ1) is 24.4. The van der Waals surface area contributed by atoms with Crippen LogP contribution in [0.3, 0.4) is 0 Å². The van der Waals surface area contributed by atoms with Crippen molar-refractivity contribution in [3.8, 4) is 0 Å². The maximum atomic E-state index is 13.3. The van der Waals surface area contributed by atoms with Crippen molar-refractivity contribution in [1.29, 1.82) is 0 Å². The van der Waals surface area contributed by atoms with Crippen molar-refractivity contribution < 1.29 is 22.8 Å². The van der Waals surface area contributed by atoms with Gasteiger partial charge in [0.1, 0.15) is 0 Å². The molecular formula is C24H21BrF3N3O2. The standard InChI is InChI=1S/C24H21BrF3N3O2/c1-15-4-8-19(12-21(15)31-22(32)9-5-16-3-2-10-29-14-16)30-23(33)17-6-7-18(13-25)20(11-17)24(26,27)28/h2-4,6-8,10-12,14H,5,9,13H2,1H3,(H,30,33)(H,31,32). The number of carbonyl (C=O) groups is 2. The van der Waals surface area contributed by atoms with E-state index in [1.165, 1.54) is 12.1 Å². The van der Waals surface area contributed by atoms with Crippen molar-refractivity contribution >= 4 is 39.1 Å². The van der Waals surface area contributed by atoms with E-state index in [1.807, 2.05) is 6.07 Å². The molecule has 0 aliphatic heterocycles. The first-order chi connectivity index (χ1) is 15.7. The molecule has 0 saturated heterocycles. The zero-order valence-corrected chi connectivity index (χ0v) is 19.3. The highest BCUT2D eigenvalue weighted by atomic mass is 79.9. The minimum Gasteiger partial charge on any atom is -0.326 e. The van der Waals surface area contributed by atoms with E-state index in [-0.39, 0.29) is 28.8 Å². The fraction of sp³-hybridized carbons (Fsp3) is 0.208. The zero-order valence-electron chi connectivity index (χ0n) is 17.7. The Kier molecular flexibility index (Phi) is 7.86. The summed E-state index contributed by atoms with van der Waals surface area (Å²) < 4.78 is 39.9. The van der Waals surface area contributed by atoms with Crippen molar-refractivity contribution in [3.63, 3.8) is 0 Å². The molecule has 1 heterocycles. The summed E-state index contributed by atoms with van der Waals surface area (Å²) in [7, 11) is 0. The predicted octanol–water partition coefficient (Wildman–Crippen LogP) is 6.13. The summed E-state index contributed by atoms with van der Waals surface area (Å²) in [4.78, 5) is 29.0. The molecular weight excluding hydrogens is 499 g/mol. The molecule has 2 N–H and O–H groups in total. The van der Waals surface area contributed by atoms with Gasteiger partial charge in [-0.25, -0.2) is 0 Å². The van der Waals surface area contributed by atoms with Crippen LogP contribution in [0.25, 0.3) is 0 Å². The van der Waals surface area contributed by atoms with E-state index in [4.69, 9.17) is 0 Å². The first-order valence-corrected chi connectivity index (χ1v) is 11.2. The summed E-state index contributed by atoms with van der Waals surface area (Å²) in [6.07, 6.45) is -0.435. The Morgan fingerprint density at radius 1 is 1.06 bits per heavy atom. The summed E-state index contributed by atoms with van der Waals surface area (Å²) in [6, 6.07) is 12.0. The van der Waals surface area contributed by atoms with Gasteiger partial charge in [-0.15, -0.1) is 0 Å². The number of hydrogen-bond acceptors (Lipinski definition) is 3. The molecule has 2 aromatic carbocycles. The van der Waals surface area contributed by atoms with Crippen molar-refractivity contribution in [3.05, 3.63) is 88.7 Å². The van der Waals surface area contributed by atoms with Crippen molar-refractivity contribution in [1.82, 2.24) is 4.98 Å². The van der Waals surface area contributed by atoms with E-state index < -0.39 is 17.6 Å². The minimum absolute atomic E-state index is 0.0194. The van der Waals surface area contributed by atoms with Crippen molar-refractivity contribution in [2.24, 2.45) is 0 Å². The molecule has 3 rings (SSSR count). The van der Waals surface area contributed by atoms with Gasteiger partial charge in [-0.1, -0.05) is 34.1 Å². The first-order valence-electron chi connectivity index (χ1n) is 10.0. The molecule has 33 heavy (non-hydrogen) atoms. The number of alkyl halides is 4. The van der Waals surface area contributed by atoms with Crippen molar-refractivity contribution in [2.45, 2.75) is 31.3 Å². The second-order valence-corrected chi connectivity index (χ2v) is 7.96. The minimum atomic E-state index is -4.57. The Morgan fingerprint density at radius 3 is 2.52 bits per heavy atom. The molecule has 0 saturated carbocycles. The molecule has 1 aromatic heterocycles. The fourth-order valence-corrected chi connectivity index (χ4v) is 3.64. The molecule has 3 aromatic rings. The van der Waals surface area contributed by atoms with E-state index in [0.29, 0.717) is 17.8 Å². The molecule has 0 spiro atoms. The van der Waals surface area contributed by atoms with Gasteiger partial charge in [0.2, 0.25) is 5.91 Å². The number of halogens is 4. The fourth-order valence-electron chi connectivity index (χ4n) is 3.15. The van der Waals surface area contributed by atoms with E-state index >= 15 is 0 Å². The van der Waals surface area contributed by atoms with Gasteiger partial charge in [-0.3, -0.25) is 14.6 Å². The van der Waals surface area contributed by atoms with Gasteiger partial charge in [0.05, 0.1) is 5.56 Å². The van der Waals surface area contributed by atoms with Crippen LogP contribution in [-0.2, 0) is 22.7 Å². The van der Waals surface area contributed by atoms with Crippen LogP contribution in [0.5, 0.6) is 0 Å². The van der Waals surface area contributed by atoms with E-state index in [0.717, 1.165) is 17.2 Å². The summed E-state index contributed by atoms with van der Waals surface area (Å²) in [5, 5.41) is 5.43. The smallest absolute Gasteiger partial charge is 0.326 e. The lowest BCUT2D eigenvalue weighted by atomic mass is 10.0. The number of hydrogen-bond donors (Lipinski definition) is 2. The number of aryl methyl sites for hydroxylation is 2. The number of pyridine rings is 1. The Morgan fingerprint density at radius 2 is 1.85 bits per heavy atom. The van der Waals surface area contributed by atoms with Gasteiger partial charge < -0.3 is 10.6 Å².